The van der Waals surface area contributed by atoms with E-state index in [4.69, 9.17) is 10.5 Å². The van der Waals surface area contributed by atoms with E-state index in [0.29, 0.717) is 25.4 Å². The molecule has 1 heterocycles. The molecule has 0 aliphatic heterocycles. The molecule has 3 N–H and O–H groups in total. The van der Waals surface area contributed by atoms with E-state index in [1.807, 2.05) is 0 Å². The Morgan fingerprint density at radius 1 is 1.73 bits per heavy atom. The third-order valence-corrected chi connectivity index (χ3v) is 2.07. The minimum Gasteiger partial charge on any atom is -0.384 e. The maximum atomic E-state index is 11.2. The van der Waals surface area contributed by atoms with Crippen LogP contribution in [0.4, 0.5) is 5.82 Å². The first-order valence-corrected chi connectivity index (χ1v) is 4.67. The van der Waals surface area contributed by atoms with Crippen molar-refractivity contribution in [2.45, 2.75) is 13.0 Å². The van der Waals surface area contributed by atoms with E-state index >= 15 is 0 Å². The number of carbonyl (C=O) groups is 1. The zero-order chi connectivity index (χ0) is 11.3. The molecule has 0 aromatic carbocycles. The van der Waals surface area contributed by atoms with Crippen LogP contribution in [0.15, 0.2) is 6.20 Å². The molecule has 1 aromatic rings. The van der Waals surface area contributed by atoms with Crippen molar-refractivity contribution in [3.63, 3.8) is 0 Å². The number of anilines is 1. The predicted octanol–water partition coefficient (Wildman–Crippen LogP) is -0.345. The van der Waals surface area contributed by atoms with Crippen molar-refractivity contribution in [1.29, 1.82) is 0 Å². The van der Waals surface area contributed by atoms with E-state index in [-0.39, 0.29) is 5.91 Å². The number of aromatic nitrogens is 2. The number of aryl methyl sites for hydroxylation is 1. The van der Waals surface area contributed by atoms with Crippen LogP contribution in [0, 0.1) is 0 Å². The number of nitrogen functional groups attached to an aromatic ring is 1. The summed E-state index contributed by atoms with van der Waals surface area (Å²) < 4.78 is 6.36. The summed E-state index contributed by atoms with van der Waals surface area (Å²) in [6, 6.07) is 0. The molecule has 0 saturated heterocycles. The molecular formula is C9H16N4O2. The van der Waals surface area contributed by atoms with E-state index in [2.05, 4.69) is 10.4 Å². The zero-order valence-electron chi connectivity index (χ0n) is 8.99. The second-order valence-corrected chi connectivity index (χ2v) is 3.20. The summed E-state index contributed by atoms with van der Waals surface area (Å²) in [4.78, 5) is 11.2. The normalized spacial score (nSPS) is 10.3. The Balaban J connectivity index is 2.37. The van der Waals surface area contributed by atoms with Crippen LogP contribution in [0.2, 0.25) is 0 Å². The van der Waals surface area contributed by atoms with Gasteiger partial charge in [0, 0.05) is 32.7 Å². The molecule has 0 fully saturated rings. The molecule has 0 aliphatic carbocycles. The second-order valence-electron chi connectivity index (χ2n) is 3.20. The Bertz CT molecular complexity index is 335. The molecule has 0 radical (unpaired) electrons. The number of nitrogens with two attached hydrogens (primary N) is 1. The highest BCUT2D eigenvalue weighted by atomic mass is 16.5. The number of nitrogens with one attached hydrogen (secondary N) is 1. The van der Waals surface area contributed by atoms with Gasteiger partial charge in [-0.3, -0.25) is 9.48 Å². The second kappa shape index (κ2) is 5.35. The molecule has 0 atom stereocenters. The van der Waals surface area contributed by atoms with Crippen LogP contribution >= 0.6 is 0 Å². The highest BCUT2D eigenvalue weighted by Gasteiger charge is 2.06. The number of hydrogen-bond donors (Lipinski definition) is 2. The van der Waals surface area contributed by atoms with Crippen molar-refractivity contribution in [2.75, 3.05) is 19.5 Å². The van der Waals surface area contributed by atoms with E-state index in [1.54, 1.807) is 25.0 Å². The van der Waals surface area contributed by atoms with E-state index < -0.39 is 0 Å². The lowest BCUT2D eigenvalue weighted by atomic mass is 10.3. The van der Waals surface area contributed by atoms with Gasteiger partial charge in [0.05, 0.1) is 12.8 Å². The Kier molecular flexibility index (Phi) is 4.11. The number of methoxy groups -OCH3 is 1. The minimum atomic E-state index is -0.0555. The molecule has 6 heteroatoms. The molecular weight excluding hydrogens is 196 g/mol. The predicted molar refractivity (Wildman–Crippen MR) is 56.0 cm³/mol. The van der Waals surface area contributed by atoms with Gasteiger partial charge in [0.15, 0.2) is 0 Å². The Morgan fingerprint density at radius 3 is 3.00 bits per heavy atom. The van der Waals surface area contributed by atoms with Gasteiger partial charge in [-0.05, 0) is 0 Å². The van der Waals surface area contributed by atoms with Crippen LogP contribution in [0.1, 0.15) is 12.0 Å². The van der Waals surface area contributed by atoms with Gasteiger partial charge in [-0.15, -0.1) is 0 Å². The number of nitrogens with zero attached hydrogens (tertiary/aromatic N) is 2. The summed E-state index contributed by atoms with van der Waals surface area (Å²) in [5.41, 5.74) is 6.54. The molecule has 0 bridgehead atoms. The van der Waals surface area contributed by atoms with Crippen LogP contribution in [0.3, 0.4) is 0 Å². The summed E-state index contributed by atoms with van der Waals surface area (Å²) in [5, 5.41) is 6.71. The summed E-state index contributed by atoms with van der Waals surface area (Å²) in [7, 11) is 3.32. The first-order valence-electron chi connectivity index (χ1n) is 4.67. The van der Waals surface area contributed by atoms with E-state index in [0.717, 1.165) is 5.56 Å². The van der Waals surface area contributed by atoms with Gasteiger partial charge in [0.2, 0.25) is 5.91 Å². The minimum absolute atomic E-state index is 0.0555. The highest BCUT2D eigenvalue weighted by molar-refractivity contribution is 5.76. The van der Waals surface area contributed by atoms with Crippen LogP contribution in [-0.2, 0) is 23.1 Å². The van der Waals surface area contributed by atoms with Gasteiger partial charge in [0.25, 0.3) is 0 Å². The maximum Gasteiger partial charge on any atom is 0.222 e. The van der Waals surface area contributed by atoms with Gasteiger partial charge >= 0.3 is 0 Å². The monoisotopic (exact) mass is 212 g/mol. The third kappa shape index (κ3) is 3.25. The number of hydrogen-bond acceptors (Lipinski definition) is 4. The van der Waals surface area contributed by atoms with Crippen molar-refractivity contribution in [1.82, 2.24) is 15.1 Å². The van der Waals surface area contributed by atoms with Crippen LogP contribution in [0.5, 0.6) is 0 Å². The number of ether oxygens (including phenoxy) is 1. The molecule has 0 aliphatic rings. The largest absolute Gasteiger partial charge is 0.384 e. The lowest BCUT2D eigenvalue weighted by Crippen LogP contribution is -2.24. The lowest BCUT2D eigenvalue weighted by molar-refractivity contribution is -0.122. The average Bonchev–Trinajstić information content (AvgIpc) is 2.54. The summed E-state index contributed by atoms with van der Waals surface area (Å²) in [6.45, 7) is 0.830. The van der Waals surface area contributed by atoms with Crippen molar-refractivity contribution in [2.24, 2.45) is 7.05 Å². The average molecular weight is 212 g/mol. The van der Waals surface area contributed by atoms with Gasteiger partial charge in [-0.2, -0.15) is 5.10 Å². The van der Waals surface area contributed by atoms with Crippen LogP contribution in [-0.4, -0.2) is 29.4 Å². The Labute approximate surface area is 88.4 Å². The molecule has 6 nitrogen and oxygen atoms in total. The smallest absolute Gasteiger partial charge is 0.222 e. The number of carbonyl (C=O) groups excluding carboxylic acids is 1. The molecule has 1 aromatic heterocycles. The van der Waals surface area contributed by atoms with Crippen LogP contribution < -0.4 is 11.1 Å². The Morgan fingerprint density at radius 2 is 2.47 bits per heavy atom. The SMILES string of the molecule is COCCC(=O)NCc1cnn(C)c1N. The quantitative estimate of drug-likeness (QED) is 0.699. The van der Waals surface area contributed by atoms with Gasteiger partial charge < -0.3 is 15.8 Å². The highest BCUT2D eigenvalue weighted by Crippen LogP contribution is 2.08. The molecule has 0 saturated carbocycles. The van der Waals surface area contributed by atoms with Gasteiger partial charge in [-0.1, -0.05) is 0 Å². The van der Waals surface area contributed by atoms with Crippen molar-refractivity contribution >= 4 is 11.7 Å². The van der Waals surface area contributed by atoms with Crippen LogP contribution in [0.25, 0.3) is 0 Å². The van der Waals surface area contributed by atoms with Crippen molar-refractivity contribution in [3.05, 3.63) is 11.8 Å². The number of amides is 1. The first kappa shape index (κ1) is 11.5. The van der Waals surface area contributed by atoms with E-state index in [9.17, 15) is 4.79 Å². The fourth-order valence-electron chi connectivity index (χ4n) is 1.11. The summed E-state index contributed by atoms with van der Waals surface area (Å²) >= 11 is 0. The summed E-state index contributed by atoms with van der Waals surface area (Å²) in [6.07, 6.45) is 2.00. The zero-order valence-corrected chi connectivity index (χ0v) is 8.99. The third-order valence-electron chi connectivity index (χ3n) is 2.07. The van der Waals surface area contributed by atoms with E-state index in [1.165, 1.54) is 0 Å². The van der Waals surface area contributed by atoms with Gasteiger partial charge in [0.1, 0.15) is 5.82 Å². The molecule has 1 amide bonds. The first-order chi connectivity index (χ1) is 7.15. The van der Waals surface area contributed by atoms with Gasteiger partial charge in [-0.25, -0.2) is 0 Å². The molecule has 84 valence electrons. The summed E-state index contributed by atoms with van der Waals surface area (Å²) in [5.74, 6) is 0.516. The molecule has 15 heavy (non-hydrogen) atoms. The van der Waals surface area contributed by atoms with Crippen molar-refractivity contribution in [3.8, 4) is 0 Å². The molecule has 1 rings (SSSR count). The molecule has 0 unspecified atom stereocenters. The van der Waals surface area contributed by atoms with Crippen molar-refractivity contribution < 1.29 is 9.53 Å². The fraction of sp³-hybridized carbons (Fsp3) is 0.556. The maximum absolute atomic E-state index is 11.2. The standard InChI is InChI=1S/C9H16N4O2/c1-13-9(10)7(6-12-13)5-11-8(14)3-4-15-2/h6H,3-5,10H2,1-2H3,(H,11,14). The molecule has 0 spiro atoms. The fourth-order valence-corrected chi connectivity index (χ4v) is 1.11. The number of rotatable bonds is 5. The topological polar surface area (TPSA) is 82.2 Å². The Hall–Kier alpha value is -1.56. The lowest BCUT2D eigenvalue weighted by Gasteiger charge is -2.04.